The minimum Gasteiger partial charge on any atom is -0.339 e. The predicted molar refractivity (Wildman–Crippen MR) is 106 cm³/mol. The number of likely N-dealkylation sites (tertiary alicyclic amines) is 1. The summed E-state index contributed by atoms with van der Waals surface area (Å²) in [6, 6.07) is 11.4. The Labute approximate surface area is 163 Å². The lowest BCUT2D eigenvalue weighted by Crippen LogP contribution is -2.41. The number of carbonyl (C=O) groups is 2. The van der Waals surface area contributed by atoms with E-state index in [1.165, 1.54) is 24.3 Å². The zero-order valence-corrected chi connectivity index (χ0v) is 16.0. The lowest BCUT2D eigenvalue weighted by Gasteiger charge is -2.31. The van der Waals surface area contributed by atoms with Crippen LogP contribution in [-0.4, -0.2) is 34.7 Å². The quantitative estimate of drug-likeness (QED) is 0.645. The van der Waals surface area contributed by atoms with Gasteiger partial charge >= 0.3 is 0 Å². The van der Waals surface area contributed by atoms with E-state index < -0.39 is 4.92 Å². The van der Waals surface area contributed by atoms with E-state index in [0.717, 1.165) is 16.8 Å². The van der Waals surface area contributed by atoms with Crippen LogP contribution in [0, 0.1) is 29.9 Å². The molecule has 1 aliphatic heterocycles. The molecule has 7 nitrogen and oxygen atoms in total. The molecule has 1 aliphatic rings. The number of nitro groups is 1. The SMILES string of the molecule is Cc1cccc(NC(=O)C2CCN(C(=O)c3ccc([N+](=O)[O-])cc3)CC2)c1C. The molecule has 2 aromatic carbocycles. The topological polar surface area (TPSA) is 92.6 Å². The predicted octanol–water partition coefficient (Wildman–Crippen LogP) is 3.70. The van der Waals surface area contributed by atoms with Crippen molar-refractivity contribution in [3.63, 3.8) is 0 Å². The molecule has 2 amide bonds. The van der Waals surface area contributed by atoms with Crippen molar-refractivity contribution in [1.29, 1.82) is 0 Å². The molecule has 0 radical (unpaired) electrons. The molecule has 0 aromatic heterocycles. The Bertz CT molecular complexity index is 900. The fraction of sp³-hybridized carbons (Fsp3) is 0.333. The maximum Gasteiger partial charge on any atom is 0.269 e. The van der Waals surface area contributed by atoms with Crippen molar-refractivity contribution >= 4 is 23.2 Å². The minimum atomic E-state index is -0.492. The highest BCUT2D eigenvalue weighted by Crippen LogP contribution is 2.24. The van der Waals surface area contributed by atoms with Gasteiger partial charge in [0.15, 0.2) is 0 Å². The molecule has 0 aliphatic carbocycles. The largest absolute Gasteiger partial charge is 0.339 e. The van der Waals surface area contributed by atoms with Gasteiger partial charge in [0.25, 0.3) is 11.6 Å². The van der Waals surface area contributed by atoms with E-state index in [-0.39, 0.29) is 23.4 Å². The molecule has 146 valence electrons. The zero-order valence-electron chi connectivity index (χ0n) is 16.0. The van der Waals surface area contributed by atoms with Crippen LogP contribution >= 0.6 is 0 Å². The summed E-state index contributed by atoms with van der Waals surface area (Å²) < 4.78 is 0. The van der Waals surface area contributed by atoms with Gasteiger partial charge in [0.05, 0.1) is 4.92 Å². The summed E-state index contributed by atoms with van der Waals surface area (Å²) in [6.45, 7) is 4.96. The number of non-ortho nitro benzene ring substituents is 1. The summed E-state index contributed by atoms with van der Waals surface area (Å²) in [6.07, 6.45) is 1.19. The van der Waals surface area contributed by atoms with E-state index in [0.29, 0.717) is 31.5 Å². The molecule has 0 spiro atoms. The Balaban J connectivity index is 1.57. The molecule has 0 atom stereocenters. The van der Waals surface area contributed by atoms with Crippen molar-refractivity contribution in [2.45, 2.75) is 26.7 Å². The summed E-state index contributed by atoms with van der Waals surface area (Å²) in [7, 11) is 0. The van der Waals surface area contributed by atoms with Crippen LogP contribution in [0.25, 0.3) is 0 Å². The molecule has 3 rings (SSSR count). The van der Waals surface area contributed by atoms with Crippen LogP contribution in [0.3, 0.4) is 0 Å². The minimum absolute atomic E-state index is 0.0175. The zero-order chi connectivity index (χ0) is 20.3. The Kier molecular flexibility index (Phi) is 5.73. The summed E-state index contributed by atoms with van der Waals surface area (Å²) >= 11 is 0. The van der Waals surface area contributed by atoms with Crippen molar-refractivity contribution in [3.8, 4) is 0 Å². The van der Waals surface area contributed by atoms with Crippen molar-refractivity contribution in [2.75, 3.05) is 18.4 Å². The molecular formula is C21H23N3O4. The summed E-state index contributed by atoms with van der Waals surface area (Å²) in [5, 5.41) is 13.7. The monoisotopic (exact) mass is 381 g/mol. The van der Waals surface area contributed by atoms with Gasteiger partial charge < -0.3 is 10.2 Å². The van der Waals surface area contributed by atoms with Gasteiger partial charge in [0.1, 0.15) is 0 Å². The molecule has 0 unspecified atom stereocenters. The molecule has 1 fully saturated rings. The van der Waals surface area contributed by atoms with Gasteiger partial charge in [0.2, 0.25) is 5.91 Å². The highest BCUT2D eigenvalue weighted by molar-refractivity contribution is 5.95. The number of nitrogens with zero attached hydrogens (tertiary/aromatic N) is 2. The first-order valence-electron chi connectivity index (χ1n) is 9.27. The van der Waals surface area contributed by atoms with Gasteiger partial charge in [-0.3, -0.25) is 19.7 Å². The summed E-state index contributed by atoms with van der Waals surface area (Å²) in [5.41, 5.74) is 3.39. The van der Waals surface area contributed by atoms with Gasteiger partial charge in [-0.1, -0.05) is 12.1 Å². The van der Waals surface area contributed by atoms with Crippen LogP contribution in [0.1, 0.15) is 34.3 Å². The molecule has 0 saturated carbocycles. The highest BCUT2D eigenvalue weighted by atomic mass is 16.6. The Morgan fingerprint density at radius 1 is 1.07 bits per heavy atom. The van der Waals surface area contributed by atoms with Crippen molar-refractivity contribution in [2.24, 2.45) is 5.92 Å². The fourth-order valence-electron chi connectivity index (χ4n) is 3.37. The van der Waals surface area contributed by atoms with Crippen molar-refractivity contribution in [3.05, 3.63) is 69.3 Å². The van der Waals surface area contributed by atoms with Gasteiger partial charge in [-0.15, -0.1) is 0 Å². The fourth-order valence-corrected chi connectivity index (χ4v) is 3.37. The average Bonchev–Trinajstić information content (AvgIpc) is 2.71. The molecule has 28 heavy (non-hydrogen) atoms. The molecule has 1 heterocycles. The number of benzene rings is 2. The maximum atomic E-state index is 12.6. The standard InChI is InChI=1S/C21H23N3O4/c1-14-4-3-5-19(15(14)2)22-20(25)16-10-12-23(13-11-16)21(26)17-6-8-18(9-7-17)24(27)28/h3-9,16H,10-13H2,1-2H3,(H,22,25). The smallest absolute Gasteiger partial charge is 0.269 e. The third kappa shape index (κ3) is 4.19. The first-order chi connectivity index (χ1) is 13.4. The molecular weight excluding hydrogens is 358 g/mol. The molecule has 0 bridgehead atoms. The van der Waals surface area contributed by atoms with Gasteiger partial charge in [0, 0.05) is 42.4 Å². The first kappa shape index (κ1) is 19.5. The van der Waals surface area contributed by atoms with Gasteiger partial charge in [-0.25, -0.2) is 0 Å². The molecule has 1 N–H and O–H groups in total. The number of rotatable bonds is 4. The number of hydrogen-bond donors (Lipinski definition) is 1. The first-order valence-corrected chi connectivity index (χ1v) is 9.27. The number of amides is 2. The third-order valence-corrected chi connectivity index (χ3v) is 5.34. The van der Waals surface area contributed by atoms with Crippen LogP contribution < -0.4 is 5.32 Å². The summed E-state index contributed by atoms with van der Waals surface area (Å²) in [4.78, 5) is 37.1. The number of aryl methyl sites for hydroxylation is 1. The van der Waals surface area contributed by atoms with Crippen LogP contribution in [0.15, 0.2) is 42.5 Å². The van der Waals surface area contributed by atoms with Crippen LogP contribution in [0.2, 0.25) is 0 Å². The second-order valence-corrected chi connectivity index (χ2v) is 7.11. The Morgan fingerprint density at radius 2 is 1.71 bits per heavy atom. The van der Waals surface area contributed by atoms with E-state index in [2.05, 4.69) is 5.32 Å². The molecule has 1 saturated heterocycles. The van der Waals surface area contributed by atoms with Crippen LogP contribution in [0.5, 0.6) is 0 Å². The number of carbonyl (C=O) groups excluding carboxylic acids is 2. The molecule has 7 heteroatoms. The number of piperidine rings is 1. The number of nitro benzene ring substituents is 1. The van der Waals surface area contributed by atoms with Crippen molar-refractivity contribution < 1.29 is 14.5 Å². The van der Waals surface area contributed by atoms with E-state index >= 15 is 0 Å². The van der Waals surface area contributed by atoms with E-state index in [1.807, 2.05) is 32.0 Å². The normalized spacial score (nSPS) is 14.6. The molecule has 2 aromatic rings. The van der Waals surface area contributed by atoms with Crippen LogP contribution in [-0.2, 0) is 4.79 Å². The maximum absolute atomic E-state index is 12.6. The Morgan fingerprint density at radius 3 is 2.32 bits per heavy atom. The van der Waals surface area contributed by atoms with Crippen molar-refractivity contribution in [1.82, 2.24) is 4.90 Å². The van der Waals surface area contributed by atoms with Gasteiger partial charge in [-0.05, 0) is 56.0 Å². The second-order valence-electron chi connectivity index (χ2n) is 7.11. The lowest BCUT2D eigenvalue weighted by molar-refractivity contribution is -0.384. The summed E-state index contributed by atoms with van der Waals surface area (Å²) in [5.74, 6) is -0.319. The van der Waals surface area contributed by atoms with Gasteiger partial charge in [-0.2, -0.15) is 0 Å². The Hall–Kier alpha value is -3.22. The van der Waals surface area contributed by atoms with E-state index in [1.54, 1.807) is 4.90 Å². The third-order valence-electron chi connectivity index (χ3n) is 5.34. The van der Waals surface area contributed by atoms with Crippen LogP contribution in [0.4, 0.5) is 11.4 Å². The number of anilines is 1. The number of hydrogen-bond acceptors (Lipinski definition) is 4. The lowest BCUT2D eigenvalue weighted by atomic mass is 9.95. The average molecular weight is 381 g/mol. The van der Waals surface area contributed by atoms with E-state index in [4.69, 9.17) is 0 Å². The second kappa shape index (κ2) is 8.21. The highest BCUT2D eigenvalue weighted by Gasteiger charge is 2.28. The van der Waals surface area contributed by atoms with E-state index in [9.17, 15) is 19.7 Å². The number of nitrogens with one attached hydrogen (secondary N) is 1.